The Balaban J connectivity index is 2.81. The third-order valence-electron chi connectivity index (χ3n) is 2.01. The van der Waals surface area contributed by atoms with E-state index in [-0.39, 0.29) is 4.90 Å². The van der Waals surface area contributed by atoms with E-state index < -0.39 is 10.0 Å². The number of furan rings is 1. The molecule has 0 bridgehead atoms. The van der Waals surface area contributed by atoms with Gasteiger partial charge in [-0.1, -0.05) is 6.07 Å². The predicted molar refractivity (Wildman–Crippen MR) is 52.5 cm³/mol. The molecule has 0 aliphatic carbocycles. The Morgan fingerprint density at radius 3 is 2.79 bits per heavy atom. The average molecular weight is 211 g/mol. The van der Waals surface area contributed by atoms with Crippen molar-refractivity contribution in [1.82, 2.24) is 4.72 Å². The lowest BCUT2D eigenvalue weighted by molar-refractivity contribution is 0.588. The minimum Gasteiger partial charge on any atom is -0.464 e. The van der Waals surface area contributed by atoms with Crippen LogP contribution in [0.3, 0.4) is 0 Å². The molecule has 2 rings (SSSR count). The van der Waals surface area contributed by atoms with Crippen molar-refractivity contribution in [1.29, 1.82) is 0 Å². The Morgan fingerprint density at radius 1 is 1.29 bits per heavy atom. The van der Waals surface area contributed by atoms with E-state index in [1.807, 2.05) is 0 Å². The van der Waals surface area contributed by atoms with Crippen molar-refractivity contribution in [2.75, 3.05) is 7.05 Å². The standard InChI is InChI=1S/C9H9NO3S/c1-10-14(11,12)9-4-2-3-8-7(9)5-6-13-8/h2-6,10H,1H3. The van der Waals surface area contributed by atoms with Crippen molar-refractivity contribution in [3.63, 3.8) is 0 Å². The van der Waals surface area contributed by atoms with Gasteiger partial charge in [0.1, 0.15) is 5.58 Å². The van der Waals surface area contributed by atoms with Gasteiger partial charge in [0.25, 0.3) is 0 Å². The molecule has 5 heteroatoms. The van der Waals surface area contributed by atoms with Crippen molar-refractivity contribution in [2.24, 2.45) is 0 Å². The van der Waals surface area contributed by atoms with E-state index in [9.17, 15) is 8.42 Å². The van der Waals surface area contributed by atoms with Gasteiger partial charge in [-0.2, -0.15) is 0 Å². The molecule has 0 fully saturated rings. The highest BCUT2D eigenvalue weighted by Crippen LogP contribution is 2.23. The average Bonchev–Trinajstić information content (AvgIpc) is 2.64. The van der Waals surface area contributed by atoms with Crippen LogP contribution in [0.15, 0.2) is 39.8 Å². The Bertz CT molecular complexity index is 556. The van der Waals surface area contributed by atoms with Gasteiger partial charge < -0.3 is 4.42 Å². The first-order valence-electron chi connectivity index (χ1n) is 4.05. The molecule has 1 N–H and O–H groups in total. The highest BCUT2D eigenvalue weighted by atomic mass is 32.2. The van der Waals surface area contributed by atoms with Gasteiger partial charge in [-0.15, -0.1) is 0 Å². The molecule has 0 saturated heterocycles. The number of hydrogen-bond acceptors (Lipinski definition) is 3. The summed E-state index contributed by atoms with van der Waals surface area (Å²) in [7, 11) is -2.02. The molecule has 1 aromatic carbocycles. The zero-order chi connectivity index (χ0) is 10.2. The van der Waals surface area contributed by atoms with Crippen LogP contribution in [0.1, 0.15) is 0 Å². The van der Waals surface area contributed by atoms with Crippen LogP contribution in [0.25, 0.3) is 11.0 Å². The van der Waals surface area contributed by atoms with E-state index >= 15 is 0 Å². The molecule has 2 aromatic rings. The lowest BCUT2D eigenvalue weighted by atomic mass is 10.3. The molecule has 0 aliphatic rings. The Hall–Kier alpha value is -1.33. The Labute approximate surface area is 81.6 Å². The molecule has 0 aliphatic heterocycles. The highest BCUT2D eigenvalue weighted by Gasteiger charge is 2.15. The number of hydrogen-bond donors (Lipinski definition) is 1. The summed E-state index contributed by atoms with van der Waals surface area (Å²) in [4.78, 5) is 0.242. The fourth-order valence-electron chi connectivity index (χ4n) is 1.31. The molecule has 1 heterocycles. The maximum absolute atomic E-state index is 11.6. The Kier molecular flexibility index (Phi) is 2.05. The molecule has 4 nitrogen and oxygen atoms in total. The van der Waals surface area contributed by atoms with E-state index in [4.69, 9.17) is 4.42 Å². The van der Waals surface area contributed by atoms with Crippen LogP contribution in [0.4, 0.5) is 0 Å². The van der Waals surface area contributed by atoms with Crippen molar-refractivity contribution in [3.8, 4) is 0 Å². The van der Waals surface area contributed by atoms with Gasteiger partial charge in [0, 0.05) is 5.39 Å². The van der Waals surface area contributed by atoms with Crippen LogP contribution >= 0.6 is 0 Å². The highest BCUT2D eigenvalue weighted by molar-refractivity contribution is 7.89. The van der Waals surface area contributed by atoms with Crippen LogP contribution in [0.2, 0.25) is 0 Å². The summed E-state index contributed by atoms with van der Waals surface area (Å²) in [6.07, 6.45) is 1.47. The van der Waals surface area contributed by atoms with Crippen LogP contribution in [-0.4, -0.2) is 15.5 Å². The normalized spacial score (nSPS) is 12.1. The van der Waals surface area contributed by atoms with Gasteiger partial charge >= 0.3 is 0 Å². The van der Waals surface area contributed by atoms with Crippen molar-refractivity contribution in [3.05, 3.63) is 30.5 Å². The van der Waals surface area contributed by atoms with Gasteiger partial charge in [-0.3, -0.25) is 0 Å². The van der Waals surface area contributed by atoms with Crippen LogP contribution in [-0.2, 0) is 10.0 Å². The molecule has 1 aromatic heterocycles. The molecule has 0 amide bonds. The minimum absolute atomic E-state index is 0.242. The summed E-state index contributed by atoms with van der Waals surface area (Å²) in [5, 5.41) is 0.599. The first-order valence-corrected chi connectivity index (χ1v) is 5.53. The zero-order valence-corrected chi connectivity index (χ0v) is 8.34. The maximum atomic E-state index is 11.6. The van der Waals surface area contributed by atoms with Gasteiger partial charge in [0.2, 0.25) is 10.0 Å². The van der Waals surface area contributed by atoms with Crippen LogP contribution in [0.5, 0.6) is 0 Å². The number of benzene rings is 1. The van der Waals surface area contributed by atoms with E-state index in [2.05, 4.69) is 4.72 Å². The molecule has 0 atom stereocenters. The molecule has 74 valence electrons. The summed E-state index contributed by atoms with van der Waals surface area (Å²) in [5.41, 5.74) is 0.571. The third kappa shape index (κ3) is 1.30. The van der Waals surface area contributed by atoms with Gasteiger partial charge in [0.05, 0.1) is 11.2 Å². The number of fused-ring (bicyclic) bond motifs is 1. The zero-order valence-electron chi connectivity index (χ0n) is 7.52. The third-order valence-corrected chi connectivity index (χ3v) is 3.49. The van der Waals surface area contributed by atoms with Gasteiger partial charge in [-0.05, 0) is 25.2 Å². The summed E-state index contributed by atoms with van der Waals surface area (Å²) in [6, 6.07) is 6.56. The lowest BCUT2D eigenvalue weighted by Crippen LogP contribution is -2.18. The lowest BCUT2D eigenvalue weighted by Gasteiger charge is -2.02. The smallest absolute Gasteiger partial charge is 0.241 e. The SMILES string of the molecule is CNS(=O)(=O)c1cccc2occc12. The predicted octanol–water partition coefficient (Wildman–Crippen LogP) is 1.34. The fourth-order valence-corrected chi connectivity index (χ4v) is 2.25. The summed E-state index contributed by atoms with van der Waals surface area (Å²) < 4.78 is 30.5. The maximum Gasteiger partial charge on any atom is 0.241 e. The second-order valence-electron chi connectivity index (χ2n) is 2.80. The van der Waals surface area contributed by atoms with Gasteiger partial charge in [0.15, 0.2) is 0 Å². The molecule has 0 unspecified atom stereocenters. The van der Waals surface area contributed by atoms with E-state index in [1.165, 1.54) is 13.3 Å². The Morgan fingerprint density at radius 2 is 2.07 bits per heavy atom. The number of nitrogens with one attached hydrogen (secondary N) is 1. The summed E-state index contributed by atoms with van der Waals surface area (Å²) in [6.45, 7) is 0. The first kappa shape index (κ1) is 9.23. The molecular weight excluding hydrogens is 202 g/mol. The topological polar surface area (TPSA) is 59.3 Å². The van der Waals surface area contributed by atoms with Crippen molar-refractivity contribution >= 4 is 21.0 Å². The summed E-state index contributed by atoms with van der Waals surface area (Å²) >= 11 is 0. The number of sulfonamides is 1. The second kappa shape index (κ2) is 3.11. The summed E-state index contributed by atoms with van der Waals surface area (Å²) in [5.74, 6) is 0. The van der Waals surface area contributed by atoms with Crippen LogP contribution in [0, 0.1) is 0 Å². The van der Waals surface area contributed by atoms with Gasteiger partial charge in [-0.25, -0.2) is 13.1 Å². The quantitative estimate of drug-likeness (QED) is 0.815. The molecule has 0 saturated carbocycles. The van der Waals surface area contributed by atoms with Crippen LogP contribution < -0.4 is 4.72 Å². The monoisotopic (exact) mass is 211 g/mol. The fraction of sp³-hybridized carbons (Fsp3) is 0.111. The molecular formula is C9H9NO3S. The van der Waals surface area contributed by atoms with Crippen molar-refractivity contribution < 1.29 is 12.8 Å². The molecule has 0 radical (unpaired) electrons. The first-order chi connectivity index (χ1) is 6.65. The van der Waals surface area contributed by atoms with E-state index in [0.29, 0.717) is 11.0 Å². The van der Waals surface area contributed by atoms with E-state index in [0.717, 1.165) is 0 Å². The molecule has 14 heavy (non-hydrogen) atoms. The van der Waals surface area contributed by atoms with Crippen molar-refractivity contribution in [2.45, 2.75) is 4.90 Å². The number of rotatable bonds is 2. The largest absolute Gasteiger partial charge is 0.464 e. The minimum atomic E-state index is -3.40. The molecule has 0 spiro atoms. The van der Waals surface area contributed by atoms with E-state index in [1.54, 1.807) is 24.3 Å². The second-order valence-corrected chi connectivity index (χ2v) is 4.65.